The van der Waals surface area contributed by atoms with Crippen molar-refractivity contribution in [2.75, 3.05) is 6.61 Å². The number of halogens is 1. The summed E-state index contributed by atoms with van der Waals surface area (Å²) < 4.78 is 18.0. The molecule has 0 heterocycles. The number of alkyl halides is 1. The van der Waals surface area contributed by atoms with Gasteiger partial charge >= 0.3 is 0 Å². The van der Waals surface area contributed by atoms with E-state index in [9.17, 15) is 4.39 Å². The molecule has 0 saturated carbocycles. The Morgan fingerprint density at radius 1 is 1.36 bits per heavy atom. The van der Waals surface area contributed by atoms with E-state index < -0.39 is 12.3 Å². The van der Waals surface area contributed by atoms with Gasteiger partial charge in [-0.25, -0.2) is 4.39 Å². The standard InChI is InChI=1S/C11H15FO2/c1-9(13)11(12)8-14-7-10-5-3-2-4-6-10/h2-6,9,11,13H,7-8H2,1H3/t9-,11?/m1/s1. The van der Waals surface area contributed by atoms with E-state index in [1.165, 1.54) is 6.92 Å². The number of hydrogen-bond acceptors (Lipinski definition) is 2. The van der Waals surface area contributed by atoms with E-state index in [2.05, 4.69) is 0 Å². The fourth-order valence-corrected chi connectivity index (χ4v) is 1.00. The first-order valence-electron chi connectivity index (χ1n) is 4.64. The van der Waals surface area contributed by atoms with Crippen molar-refractivity contribution in [3.8, 4) is 0 Å². The normalized spacial score (nSPS) is 15.1. The zero-order valence-corrected chi connectivity index (χ0v) is 8.19. The SMILES string of the molecule is C[C@@H](O)C(F)COCc1ccccc1. The van der Waals surface area contributed by atoms with Gasteiger partial charge in [-0.2, -0.15) is 0 Å². The summed E-state index contributed by atoms with van der Waals surface area (Å²) in [5.74, 6) is 0. The highest BCUT2D eigenvalue weighted by Gasteiger charge is 2.12. The van der Waals surface area contributed by atoms with E-state index in [-0.39, 0.29) is 6.61 Å². The number of aliphatic hydroxyl groups excluding tert-OH is 1. The molecule has 0 aliphatic heterocycles. The Labute approximate surface area is 83.3 Å². The molecule has 3 heteroatoms. The van der Waals surface area contributed by atoms with Crippen LogP contribution >= 0.6 is 0 Å². The Bertz CT molecular complexity index is 249. The molecule has 0 aromatic heterocycles. The van der Waals surface area contributed by atoms with Gasteiger partial charge in [-0.3, -0.25) is 0 Å². The van der Waals surface area contributed by atoms with Gasteiger partial charge in [0.1, 0.15) is 6.17 Å². The summed E-state index contributed by atoms with van der Waals surface area (Å²) in [6, 6.07) is 9.54. The lowest BCUT2D eigenvalue weighted by atomic mass is 10.2. The van der Waals surface area contributed by atoms with Crippen LogP contribution in [0.3, 0.4) is 0 Å². The summed E-state index contributed by atoms with van der Waals surface area (Å²) in [5, 5.41) is 8.86. The van der Waals surface area contributed by atoms with E-state index in [4.69, 9.17) is 9.84 Å². The van der Waals surface area contributed by atoms with Crippen molar-refractivity contribution in [1.29, 1.82) is 0 Å². The summed E-state index contributed by atoms with van der Waals surface area (Å²) >= 11 is 0. The molecule has 0 radical (unpaired) electrons. The number of ether oxygens (including phenoxy) is 1. The van der Waals surface area contributed by atoms with Gasteiger partial charge < -0.3 is 9.84 Å². The average Bonchev–Trinajstić information content (AvgIpc) is 2.19. The number of benzene rings is 1. The highest BCUT2D eigenvalue weighted by molar-refractivity contribution is 5.13. The zero-order valence-electron chi connectivity index (χ0n) is 8.19. The first-order chi connectivity index (χ1) is 6.70. The van der Waals surface area contributed by atoms with Crippen LogP contribution in [0.2, 0.25) is 0 Å². The minimum atomic E-state index is -1.31. The molecular formula is C11H15FO2. The zero-order chi connectivity index (χ0) is 10.4. The van der Waals surface area contributed by atoms with Crippen LogP contribution in [0.15, 0.2) is 30.3 Å². The topological polar surface area (TPSA) is 29.5 Å². The molecule has 0 aliphatic rings. The first-order valence-corrected chi connectivity index (χ1v) is 4.64. The van der Waals surface area contributed by atoms with Crippen LogP contribution in [0.25, 0.3) is 0 Å². The minimum absolute atomic E-state index is 0.0629. The van der Waals surface area contributed by atoms with Gasteiger partial charge in [0, 0.05) is 0 Å². The van der Waals surface area contributed by atoms with Gasteiger partial charge in [-0.05, 0) is 12.5 Å². The van der Waals surface area contributed by atoms with Crippen LogP contribution in [-0.2, 0) is 11.3 Å². The molecular weight excluding hydrogens is 183 g/mol. The second-order valence-electron chi connectivity index (χ2n) is 3.26. The maximum atomic E-state index is 12.9. The van der Waals surface area contributed by atoms with E-state index in [0.717, 1.165) is 5.56 Å². The maximum absolute atomic E-state index is 12.9. The fourth-order valence-electron chi connectivity index (χ4n) is 1.00. The average molecular weight is 198 g/mol. The molecule has 0 bridgehead atoms. The van der Waals surface area contributed by atoms with Crippen molar-refractivity contribution in [3.05, 3.63) is 35.9 Å². The highest BCUT2D eigenvalue weighted by atomic mass is 19.1. The largest absolute Gasteiger partial charge is 0.390 e. The predicted octanol–water partition coefficient (Wildman–Crippen LogP) is 1.92. The third-order valence-electron chi connectivity index (χ3n) is 1.91. The molecule has 0 amide bonds. The molecule has 2 atom stereocenters. The number of aliphatic hydroxyl groups is 1. The molecule has 1 aromatic carbocycles. The third kappa shape index (κ3) is 3.85. The fraction of sp³-hybridized carbons (Fsp3) is 0.455. The van der Waals surface area contributed by atoms with E-state index >= 15 is 0 Å². The second-order valence-corrected chi connectivity index (χ2v) is 3.26. The number of hydrogen-bond donors (Lipinski definition) is 1. The molecule has 0 spiro atoms. The lowest BCUT2D eigenvalue weighted by Crippen LogP contribution is -2.23. The van der Waals surface area contributed by atoms with E-state index in [0.29, 0.717) is 6.61 Å². The lowest BCUT2D eigenvalue weighted by Gasteiger charge is -2.11. The molecule has 0 aliphatic carbocycles. The van der Waals surface area contributed by atoms with Crippen LogP contribution in [-0.4, -0.2) is 24.0 Å². The molecule has 0 saturated heterocycles. The third-order valence-corrected chi connectivity index (χ3v) is 1.91. The first kappa shape index (κ1) is 11.1. The van der Waals surface area contributed by atoms with Crippen molar-refractivity contribution in [1.82, 2.24) is 0 Å². The van der Waals surface area contributed by atoms with Gasteiger partial charge in [0.05, 0.1) is 19.3 Å². The van der Waals surface area contributed by atoms with Gasteiger partial charge in [-0.1, -0.05) is 30.3 Å². The van der Waals surface area contributed by atoms with Gasteiger partial charge in [0.2, 0.25) is 0 Å². The highest BCUT2D eigenvalue weighted by Crippen LogP contribution is 2.04. The van der Waals surface area contributed by atoms with Crippen molar-refractivity contribution in [2.24, 2.45) is 0 Å². The van der Waals surface area contributed by atoms with Crippen LogP contribution in [0.5, 0.6) is 0 Å². The van der Waals surface area contributed by atoms with Crippen molar-refractivity contribution in [2.45, 2.75) is 25.8 Å². The van der Waals surface area contributed by atoms with E-state index in [1.807, 2.05) is 30.3 Å². The maximum Gasteiger partial charge on any atom is 0.149 e. The monoisotopic (exact) mass is 198 g/mol. The van der Waals surface area contributed by atoms with Crippen molar-refractivity contribution < 1.29 is 14.2 Å². The molecule has 1 unspecified atom stereocenters. The smallest absolute Gasteiger partial charge is 0.149 e. The second kappa shape index (κ2) is 5.73. The van der Waals surface area contributed by atoms with Crippen LogP contribution in [0, 0.1) is 0 Å². The summed E-state index contributed by atoms with van der Waals surface area (Å²) in [4.78, 5) is 0. The van der Waals surface area contributed by atoms with Gasteiger partial charge in [0.15, 0.2) is 0 Å². The summed E-state index contributed by atoms with van der Waals surface area (Å²) in [6.45, 7) is 1.73. The van der Waals surface area contributed by atoms with Gasteiger partial charge in [0.25, 0.3) is 0 Å². The Kier molecular flexibility index (Phi) is 4.56. The van der Waals surface area contributed by atoms with Crippen molar-refractivity contribution in [3.63, 3.8) is 0 Å². The van der Waals surface area contributed by atoms with Crippen LogP contribution in [0.1, 0.15) is 12.5 Å². The minimum Gasteiger partial charge on any atom is -0.390 e. The Morgan fingerprint density at radius 3 is 2.57 bits per heavy atom. The Morgan fingerprint density at radius 2 is 2.00 bits per heavy atom. The van der Waals surface area contributed by atoms with Crippen molar-refractivity contribution >= 4 is 0 Å². The molecule has 14 heavy (non-hydrogen) atoms. The lowest BCUT2D eigenvalue weighted by molar-refractivity contribution is 0.00929. The summed E-state index contributed by atoms with van der Waals surface area (Å²) in [5.41, 5.74) is 1.00. The van der Waals surface area contributed by atoms with Gasteiger partial charge in [-0.15, -0.1) is 0 Å². The molecule has 2 nitrogen and oxygen atoms in total. The quantitative estimate of drug-likeness (QED) is 0.783. The molecule has 1 rings (SSSR count). The predicted molar refractivity (Wildman–Crippen MR) is 52.7 cm³/mol. The Hall–Kier alpha value is -0.930. The van der Waals surface area contributed by atoms with Crippen LogP contribution in [0.4, 0.5) is 4.39 Å². The summed E-state index contributed by atoms with van der Waals surface area (Å²) in [6.07, 6.45) is -2.27. The van der Waals surface area contributed by atoms with Crippen LogP contribution < -0.4 is 0 Å². The Balaban J connectivity index is 2.22. The summed E-state index contributed by atoms with van der Waals surface area (Å²) in [7, 11) is 0. The molecule has 1 N–H and O–H groups in total. The van der Waals surface area contributed by atoms with E-state index in [1.54, 1.807) is 0 Å². The molecule has 0 fully saturated rings. The number of rotatable bonds is 5. The molecule has 1 aromatic rings. The molecule has 78 valence electrons.